The molecule has 4 nitrogen and oxygen atoms in total. The average molecular weight is 399 g/mol. The molecule has 5 aliphatic rings. The Morgan fingerprint density at radius 2 is 1.82 bits per heavy atom. The minimum Gasteiger partial charge on any atom is -0.352 e. The second-order valence-electron chi connectivity index (χ2n) is 9.62. The Kier molecular flexibility index (Phi) is 4.69. The number of thioether (sulfide) groups is 1. The van der Waals surface area contributed by atoms with E-state index in [-0.39, 0.29) is 24.4 Å². The van der Waals surface area contributed by atoms with E-state index in [9.17, 15) is 9.59 Å². The molecule has 4 fully saturated rings. The molecule has 1 heterocycles. The van der Waals surface area contributed by atoms with Crippen LogP contribution in [0.15, 0.2) is 29.2 Å². The molecular weight excluding hydrogens is 368 g/mol. The smallest absolute Gasteiger partial charge is 0.240 e. The van der Waals surface area contributed by atoms with Gasteiger partial charge in [0.1, 0.15) is 6.54 Å². The normalized spacial score (nSPS) is 34.7. The molecule has 1 aliphatic heterocycles. The van der Waals surface area contributed by atoms with E-state index in [1.54, 1.807) is 16.7 Å². The maximum Gasteiger partial charge on any atom is 0.240 e. The maximum absolute atomic E-state index is 13.0. The highest BCUT2D eigenvalue weighted by Crippen LogP contribution is 2.61. The zero-order valence-corrected chi connectivity index (χ0v) is 17.5. The summed E-state index contributed by atoms with van der Waals surface area (Å²) in [7, 11) is 0. The van der Waals surface area contributed by atoms with Crippen molar-refractivity contribution in [2.75, 3.05) is 17.2 Å². The summed E-state index contributed by atoms with van der Waals surface area (Å²) in [6.07, 6.45) is 8.56. The van der Waals surface area contributed by atoms with Gasteiger partial charge in [0.05, 0.1) is 5.69 Å². The third-order valence-corrected chi connectivity index (χ3v) is 8.78. The summed E-state index contributed by atoms with van der Waals surface area (Å²) in [4.78, 5) is 28.4. The number of para-hydroxylation sites is 1. The minimum absolute atomic E-state index is 0.0155. The highest BCUT2D eigenvalue weighted by Gasteiger charge is 2.53. The number of carbonyl (C=O) groups excluding carboxylic acids is 2. The molecule has 2 amide bonds. The van der Waals surface area contributed by atoms with E-state index in [2.05, 4.69) is 12.2 Å². The van der Waals surface area contributed by atoms with Crippen LogP contribution < -0.4 is 10.2 Å². The van der Waals surface area contributed by atoms with Gasteiger partial charge in [-0.25, -0.2) is 0 Å². The SMILES string of the molecule is CC(NC(=O)CN1C(=O)CCSc2ccccc21)C12CC3CC(CC(C3)C1)C2. The van der Waals surface area contributed by atoms with Gasteiger partial charge in [0.25, 0.3) is 0 Å². The van der Waals surface area contributed by atoms with Gasteiger partial charge in [0.2, 0.25) is 11.8 Å². The summed E-state index contributed by atoms with van der Waals surface area (Å²) in [5, 5.41) is 3.32. The first-order chi connectivity index (χ1) is 13.5. The third-order valence-electron chi connectivity index (χ3n) is 7.71. The van der Waals surface area contributed by atoms with Crippen molar-refractivity contribution in [3.05, 3.63) is 24.3 Å². The number of anilines is 1. The van der Waals surface area contributed by atoms with Crippen molar-refractivity contribution in [2.45, 2.75) is 62.8 Å². The Bertz CT molecular complexity index is 757. The number of benzene rings is 1. The Morgan fingerprint density at radius 3 is 2.50 bits per heavy atom. The summed E-state index contributed by atoms with van der Waals surface area (Å²) >= 11 is 1.70. The van der Waals surface area contributed by atoms with Crippen LogP contribution in [0.4, 0.5) is 5.69 Å². The molecule has 28 heavy (non-hydrogen) atoms. The van der Waals surface area contributed by atoms with Gasteiger partial charge in [0.15, 0.2) is 0 Å². The molecule has 0 saturated heterocycles. The van der Waals surface area contributed by atoms with E-state index in [0.29, 0.717) is 11.8 Å². The van der Waals surface area contributed by atoms with Crippen LogP contribution in [0.3, 0.4) is 0 Å². The first kappa shape index (κ1) is 18.5. The molecule has 0 aromatic heterocycles. The quantitative estimate of drug-likeness (QED) is 0.825. The van der Waals surface area contributed by atoms with Crippen molar-refractivity contribution in [2.24, 2.45) is 23.2 Å². The first-order valence-electron chi connectivity index (χ1n) is 10.8. The molecule has 6 rings (SSSR count). The fourth-order valence-electron chi connectivity index (χ4n) is 6.78. The number of hydrogen-bond donors (Lipinski definition) is 1. The number of hydrogen-bond acceptors (Lipinski definition) is 3. The van der Waals surface area contributed by atoms with E-state index < -0.39 is 0 Å². The predicted molar refractivity (Wildman–Crippen MR) is 112 cm³/mol. The monoisotopic (exact) mass is 398 g/mol. The van der Waals surface area contributed by atoms with E-state index >= 15 is 0 Å². The molecule has 4 aliphatic carbocycles. The van der Waals surface area contributed by atoms with E-state index in [1.165, 1.54) is 38.5 Å². The van der Waals surface area contributed by atoms with Gasteiger partial charge in [-0.3, -0.25) is 9.59 Å². The van der Waals surface area contributed by atoms with Crippen molar-refractivity contribution >= 4 is 29.3 Å². The summed E-state index contributed by atoms with van der Waals surface area (Å²) in [6, 6.07) is 8.14. The van der Waals surface area contributed by atoms with Crippen LogP contribution in [0.5, 0.6) is 0 Å². The predicted octanol–water partition coefficient (Wildman–Crippen LogP) is 4.24. The minimum atomic E-state index is -0.0155. The highest BCUT2D eigenvalue weighted by molar-refractivity contribution is 7.99. The zero-order chi connectivity index (χ0) is 19.3. The van der Waals surface area contributed by atoms with Gasteiger partial charge in [-0.15, -0.1) is 11.8 Å². The Balaban J connectivity index is 1.29. The molecule has 1 unspecified atom stereocenters. The molecule has 4 saturated carbocycles. The molecule has 5 heteroatoms. The van der Waals surface area contributed by atoms with Crippen LogP contribution in [-0.4, -0.2) is 30.2 Å². The van der Waals surface area contributed by atoms with Crippen LogP contribution in [-0.2, 0) is 9.59 Å². The standard InChI is InChI=1S/C23H30N2O2S/c1-15(23-11-16-8-17(12-23)10-18(9-16)13-23)24-21(26)14-25-19-4-2-3-5-20(19)28-7-6-22(25)27/h2-5,15-18H,6-14H2,1H3,(H,24,26). The van der Waals surface area contributed by atoms with Crippen LogP contribution in [0, 0.1) is 23.2 Å². The number of rotatable bonds is 4. The topological polar surface area (TPSA) is 49.4 Å². The fraction of sp³-hybridized carbons (Fsp3) is 0.652. The van der Waals surface area contributed by atoms with Gasteiger partial charge in [0, 0.05) is 23.1 Å². The van der Waals surface area contributed by atoms with Crippen LogP contribution in [0.25, 0.3) is 0 Å². The average Bonchev–Trinajstić information content (AvgIpc) is 2.80. The number of fused-ring (bicyclic) bond motifs is 1. The highest BCUT2D eigenvalue weighted by atomic mass is 32.2. The lowest BCUT2D eigenvalue weighted by atomic mass is 9.48. The van der Waals surface area contributed by atoms with Gasteiger partial charge in [-0.1, -0.05) is 12.1 Å². The van der Waals surface area contributed by atoms with Gasteiger partial charge >= 0.3 is 0 Å². The largest absolute Gasteiger partial charge is 0.352 e. The molecule has 4 bridgehead atoms. The fourth-order valence-corrected chi connectivity index (χ4v) is 7.78. The van der Waals surface area contributed by atoms with Crippen molar-refractivity contribution in [1.29, 1.82) is 0 Å². The molecule has 1 aromatic rings. The summed E-state index contributed by atoms with van der Waals surface area (Å²) in [5.41, 5.74) is 1.17. The molecule has 150 valence electrons. The van der Waals surface area contributed by atoms with E-state index in [0.717, 1.165) is 34.1 Å². The van der Waals surface area contributed by atoms with Gasteiger partial charge in [-0.2, -0.15) is 0 Å². The van der Waals surface area contributed by atoms with Crippen molar-refractivity contribution in [3.63, 3.8) is 0 Å². The number of amides is 2. The number of carbonyl (C=O) groups is 2. The Hall–Kier alpha value is -1.49. The van der Waals surface area contributed by atoms with Crippen LogP contribution >= 0.6 is 11.8 Å². The van der Waals surface area contributed by atoms with E-state index in [4.69, 9.17) is 0 Å². The second kappa shape index (κ2) is 7.08. The van der Waals surface area contributed by atoms with Gasteiger partial charge in [-0.05, 0) is 80.8 Å². The summed E-state index contributed by atoms with van der Waals surface area (Å²) in [6.45, 7) is 2.34. The molecule has 1 N–H and O–H groups in total. The second-order valence-corrected chi connectivity index (χ2v) is 10.8. The number of nitrogens with zero attached hydrogens (tertiary/aromatic N) is 1. The van der Waals surface area contributed by atoms with Crippen LogP contribution in [0.2, 0.25) is 0 Å². The number of nitrogens with one attached hydrogen (secondary N) is 1. The van der Waals surface area contributed by atoms with Crippen LogP contribution in [0.1, 0.15) is 51.9 Å². The van der Waals surface area contributed by atoms with Gasteiger partial charge < -0.3 is 10.2 Å². The summed E-state index contributed by atoms with van der Waals surface area (Å²) < 4.78 is 0. The van der Waals surface area contributed by atoms with Crippen molar-refractivity contribution in [3.8, 4) is 0 Å². The maximum atomic E-state index is 13.0. The lowest BCUT2D eigenvalue weighted by molar-refractivity contribution is -0.126. The molecular formula is C23H30N2O2S. The third kappa shape index (κ3) is 3.26. The first-order valence-corrected chi connectivity index (χ1v) is 11.8. The molecule has 0 radical (unpaired) electrons. The van der Waals surface area contributed by atoms with E-state index in [1.807, 2.05) is 24.3 Å². The lowest BCUT2D eigenvalue weighted by Crippen LogP contribution is -2.57. The molecule has 1 aromatic carbocycles. The van der Waals surface area contributed by atoms with Crippen molar-refractivity contribution < 1.29 is 9.59 Å². The molecule has 1 atom stereocenters. The Labute approximate surface area is 171 Å². The van der Waals surface area contributed by atoms with Crippen molar-refractivity contribution in [1.82, 2.24) is 5.32 Å². The lowest BCUT2D eigenvalue weighted by Gasteiger charge is -2.59. The summed E-state index contributed by atoms with van der Waals surface area (Å²) in [5.74, 6) is 3.44. The molecule has 0 spiro atoms. The zero-order valence-electron chi connectivity index (χ0n) is 16.7. The Morgan fingerprint density at radius 1 is 1.18 bits per heavy atom.